The largest absolute Gasteiger partial charge is 0.322 e. The van der Waals surface area contributed by atoms with Gasteiger partial charge in [-0.2, -0.15) is 0 Å². The van der Waals surface area contributed by atoms with E-state index in [-0.39, 0.29) is 17.2 Å². The highest BCUT2D eigenvalue weighted by atomic mass is 16.1. The SMILES string of the molecule is CC(C)CC(N)C(=O)CC(C)(C)C. The van der Waals surface area contributed by atoms with Crippen LogP contribution in [0.25, 0.3) is 0 Å². The molecule has 0 saturated carbocycles. The van der Waals surface area contributed by atoms with Crippen LogP contribution in [0.3, 0.4) is 0 Å². The Morgan fingerprint density at radius 3 is 2.08 bits per heavy atom. The summed E-state index contributed by atoms with van der Waals surface area (Å²) in [6.07, 6.45) is 1.38. The summed E-state index contributed by atoms with van der Waals surface area (Å²) in [6.45, 7) is 10.4. The van der Waals surface area contributed by atoms with Gasteiger partial charge in [0, 0.05) is 6.42 Å². The fourth-order valence-corrected chi connectivity index (χ4v) is 1.29. The lowest BCUT2D eigenvalue weighted by atomic mass is 9.86. The van der Waals surface area contributed by atoms with Crippen LogP contribution in [0, 0.1) is 11.3 Å². The van der Waals surface area contributed by atoms with Crippen LogP contribution < -0.4 is 5.73 Å². The van der Waals surface area contributed by atoms with Crippen LogP contribution in [-0.4, -0.2) is 11.8 Å². The van der Waals surface area contributed by atoms with Crippen molar-refractivity contribution in [1.29, 1.82) is 0 Å². The van der Waals surface area contributed by atoms with Crippen molar-refractivity contribution in [1.82, 2.24) is 0 Å². The second-order valence-corrected chi connectivity index (χ2v) is 5.44. The second kappa shape index (κ2) is 4.75. The molecule has 2 N–H and O–H groups in total. The highest BCUT2D eigenvalue weighted by Crippen LogP contribution is 2.20. The molecular formula is C11H23NO. The van der Waals surface area contributed by atoms with E-state index in [1.165, 1.54) is 0 Å². The topological polar surface area (TPSA) is 43.1 Å². The van der Waals surface area contributed by atoms with Crippen molar-refractivity contribution in [2.45, 2.75) is 53.5 Å². The van der Waals surface area contributed by atoms with Gasteiger partial charge in [-0.15, -0.1) is 0 Å². The molecule has 0 heterocycles. The van der Waals surface area contributed by atoms with Crippen LogP contribution in [0.15, 0.2) is 0 Å². The Hall–Kier alpha value is -0.370. The van der Waals surface area contributed by atoms with Crippen LogP contribution in [-0.2, 0) is 4.79 Å². The van der Waals surface area contributed by atoms with Gasteiger partial charge in [0.1, 0.15) is 5.78 Å². The van der Waals surface area contributed by atoms with Crippen molar-refractivity contribution in [3.63, 3.8) is 0 Å². The van der Waals surface area contributed by atoms with Crippen molar-refractivity contribution in [2.24, 2.45) is 17.1 Å². The maximum absolute atomic E-state index is 11.6. The molecule has 0 bridgehead atoms. The lowest BCUT2D eigenvalue weighted by Gasteiger charge is -2.20. The molecule has 0 fully saturated rings. The molecular weight excluding hydrogens is 162 g/mol. The van der Waals surface area contributed by atoms with Gasteiger partial charge in [0.15, 0.2) is 0 Å². The Bertz CT molecular complexity index is 167. The Balaban J connectivity index is 3.97. The highest BCUT2D eigenvalue weighted by Gasteiger charge is 2.21. The van der Waals surface area contributed by atoms with E-state index < -0.39 is 0 Å². The Morgan fingerprint density at radius 1 is 1.31 bits per heavy atom. The zero-order valence-electron chi connectivity index (χ0n) is 9.55. The predicted octanol–water partition coefficient (Wildman–Crippen LogP) is 2.37. The van der Waals surface area contributed by atoms with Crippen LogP contribution in [0.5, 0.6) is 0 Å². The lowest BCUT2D eigenvalue weighted by molar-refractivity contribution is -0.122. The fraction of sp³-hybridized carbons (Fsp3) is 0.909. The average Bonchev–Trinajstić information content (AvgIpc) is 1.81. The number of hydrogen-bond acceptors (Lipinski definition) is 2. The minimum Gasteiger partial charge on any atom is -0.322 e. The van der Waals surface area contributed by atoms with Gasteiger partial charge >= 0.3 is 0 Å². The van der Waals surface area contributed by atoms with Gasteiger partial charge in [-0.1, -0.05) is 34.6 Å². The van der Waals surface area contributed by atoms with Crippen molar-refractivity contribution in [3.05, 3.63) is 0 Å². The molecule has 0 aromatic carbocycles. The van der Waals surface area contributed by atoms with Crippen LogP contribution >= 0.6 is 0 Å². The van der Waals surface area contributed by atoms with Crippen LogP contribution in [0.4, 0.5) is 0 Å². The standard InChI is InChI=1S/C11H23NO/c1-8(2)6-9(12)10(13)7-11(3,4)5/h8-9H,6-7,12H2,1-5H3. The quantitative estimate of drug-likeness (QED) is 0.730. The van der Waals surface area contributed by atoms with Gasteiger partial charge < -0.3 is 5.73 Å². The van der Waals surface area contributed by atoms with E-state index in [4.69, 9.17) is 5.73 Å². The normalized spacial score (nSPS) is 14.7. The Kier molecular flexibility index (Phi) is 4.62. The van der Waals surface area contributed by atoms with E-state index in [1.807, 2.05) is 0 Å². The number of nitrogens with two attached hydrogens (primary N) is 1. The molecule has 0 aromatic rings. The van der Waals surface area contributed by atoms with E-state index in [0.29, 0.717) is 12.3 Å². The van der Waals surface area contributed by atoms with Crippen molar-refractivity contribution in [3.8, 4) is 0 Å². The number of carbonyl (C=O) groups excluding carboxylic acids is 1. The fourth-order valence-electron chi connectivity index (χ4n) is 1.29. The van der Waals surface area contributed by atoms with Gasteiger partial charge in [-0.05, 0) is 17.8 Å². The minimum absolute atomic E-state index is 0.0612. The van der Waals surface area contributed by atoms with Gasteiger partial charge in [0.25, 0.3) is 0 Å². The van der Waals surface area contributed by atoms with Gasteiger partial charge in [-0.25, -0.2) is 0 Å². The van der Waals surface area contributed by atoms with Crippen molar-refractivity contribution in [2.75, 3.05) is 0 Å². The molecule has 1 atom stereocenters. The smallest absolute Gasteiger partial charge is 0.150 e. The predicted molar refractivity (Wildman–Crippen MR) is 56.5 cm³/mol. The maximum atomic E-state index is 11.6. The summed E-state index contributed by atoms with van der Waals surface area (Å²) in [6, 6.07) is -0.265. The molecule has 0 rings (SSSR count). The Labute approximate surface area is 81.9 Å². The zero-order chi connectivity index (χ0) is 10.6. The molecule has 2 nitrogen and oxygen atoms in total. The molecule has 0 saturated heterocycles. The molecule has 0 aromatic heterocycles. The lowest BCUT2D eigenvalue weighted by Crippen LogP contribution is -2.34. The summed E-state index contributed by atoms with van der Waals surface area (Å²) in [5, 5.41) is 0. The monoisotopic (exact) mass is 185 g/mol. The molecule has 0 spiro atoms. The van der Waals surface area contributed by atoms with Gasteiger partial charge in [-0.3, -0.25) is 4.79 Å². The van der Waals surface area contributed by atoms with Crippen molar-refractivity contribution < 1.29 is 4.79 Å². The molecule has 0 aliphatic carbocycles. The molecule has 0 aliphatic rings. The number of carbonyl (C=O) groups is 1. The summed E-state index contributed by atoms with van der Waals surface area (Å²) >= 11 is 0. The molecule has 0 amide bonds. The molecule has 0 radical (unpaired) electrons. The first-order valence-electron chi connectivity index (χ1n) is 5.00. The Morgan fingerprint density at radius 2 is 1.77 bits per heavy atom. The molecule has 78 valence electrons. The summed E-state index contributed by atoms with van der Waals surface area (Å²) in [5.41, 5.74) is 5.84. The van der Waals surface area contributed by atoms with E-state index in [9.17, 15) is 4.79 Å². The maximum Gasteiger partial charge on any atom is 0.150 e. The summed E-state index contributed by atoms with van der Waals surface area (Å²) in [4.78, 5) is 11.6. The van der Waals surface area contributed by atoms with E-state index in [2.05, 4.69) is 34.6 Å². The molecule has 0 aliphatic heterocycles. The van der Waals surface area contributed by atoms with E-state index in [1.54, 1.807) is 0 Å². The first-order chi connectivity index (χ1) is 5.72. The molecule has 2 heteroatoms. The average molecular weight is 185 g/mol. The minimum atomic E-state index is -0.265. The zero-order valence-corrected chi connectivity index (χ0v) is 9.55. The second-order valence-electron chi connectivity index (χ2n) is 5.44. The third-order valence-corrected chi connectivity index (χ3v) is 1.84. The third kappa shape index (κ3) is 6.76. The van der Waals surface area contributed by atoms with Gasteiger partial charge in [0.2, 0.25) is 0 Å². The van der Waals surface area contributed by atoms with Crippen LogP contribution in [0.1, 0.15) is 47.5 Å². The summed E-state index contributed by atoms with van der Waals surface area (Å²) in [5.74, 6) is 0.695. The number of ketones is 1. The molecule has 1 unspecified atom stereocenters. The number of rotatable bonds is 4. The van der Waals surface area contributed by atoms with E-state index in [0.717, 1.165) is 6.42 Å². The van der Waals surface area contributed by atoms with E-state index >= 15 is 0 Å². The van der Waals surface area contributed by atoms with Crippen molar-refractivity contribution >= 4 is 5.78 Å². The van der Waals surface area contributed by atoms with Gasteiger partial charge in [0.05, 0.1) is 6.04 Å². The van der Waals surface area contributed by atoms with Crippen LogP contribution in [0.2, 0.25) is 0 Å². The number of Topliss-reactive ketones (excluding diaryl/α,β-unsaturated/α-hetero) is 1. The first kappa shape index (κ1) is 12.6. The summed E-state index contributed by atoms with van der Waals surface area (Å²) < 4.78 is 0. The first-order valence-corrected chi connectivity index (χ1v) is 5.00. The summed E-state index contributed by atoms with van der Waals surface area (Å²) in [7, 11) is 0. The molecule has 13 heavy (non-hydrogen) atoms. The third-order valence-electron chi connectivity index (χ3n) is 1.84. The number of hydrogen-bond donors (Lipinski definition) is 1. The highest BCUT2D eigenvalue weighted by molar-refractivity contribution is 5.84.